The number of carbonyl (C=O) groups excluding carboxylic acids is 2. The number of hydrogen-bond acceptors (Lipinski definition) is 4. The Hall–Kier alpha value is -2.04. The molecule has 1 aromatic rings. The molecule has 0 aliphatic heterocycles. The molecule has 0 aliphatic rings. The molecular formula is C17H25NO4. The second-order valence-corrected chi connectivity index (χ2v) is 6.13. The summed E-state index contributed by atoms with van der Waals surface area (Å²) in [7, 11) is 0. The molecule has 0 spiro atoms. The molecule has 0 aromatic heterocycles. The maximum absolute atomic E-state index is 12.3. The number of carbonyl (C=O) groups is 2. The summed E-state index contributed by atoms with van der Waals surface area (Å²) in [5.41, 5.74) is 1.45. The van der Waals surface area contributed by atoms with Gasteiger partial charge in [0, 0.05) is 6.54 Å². The van der Waals surface area contributed by atoms with Crippen molar-refractivity contribution in [1.29, 1.82) is 0 Å². The number of benzene rings is 1. The van der Waals surface area contributed by atoms with Crippen LogP contribution in [0.2, 0.25) is 0 Å². The molecule has 1 aromatic carbocycles. The fourth-order valence-corrected chi connectivity index (χ4v) is 1.79. The standard InChI is InChI=1S/C17H25NO4/c1-6-21-15(19)12-18(16(20)22-17(3,4)5)11-14-9-7-13(2)8-10-14/h7-10H,6,11-12H2,1-5H3. The van der Waals surface area contributed by atoms with E-state index in [9.17, 15) is 9.59 Å². The van der Waals surface area contributed by atoms with Crippen molar-refractivity contribution in [2.24, 2.45) is 0 Å². The van der Waals surface area contributed by atoms with E-state index in [-0.39, 0.29) is 13.2 Å². The van der Waals surface area contributed by atoms with Crippen LogP contribution < -0.4 is 0 Å². The summed E-state index contributed by atoms with van der Waals surface area (Å²) in [6.45, 7) is 9.55. The van der Waals surface area contributed by atoms with Crippen molar-refractivity contribution in [3.63, 3.8) is 0 Å². The lowest BCUT2D eigenvalue weighted by Crippen LogP contribution is -2.39. The smallest absolute Gasteiger partial charge is 0.411 e. The Balaban J connectivity index is 2.83. The van der Waals surface area contributed by atoms with Gasteiger partial charge in [0.25, 0.3) is 0 Å². The number of amides is 1. The first-order valence-corrected chi connectivity index (χ1v) is 7.40. The molecule has 0 aliphatic carbocycles. The van der Waals surface area contributed by atoms with Crippen LogP contribution in [0.1, 0.15) is 38.8 Å². The molecule has 1 amide bonds. The molecule has 1 rings (SSSR count). The second kappa shape index (κ2) is 7.82. The summed E-state index contributed by atoms with van der Waals surface area (Å²) in [6.07, 6.45) is -0.527. The lowest BCUT2D eigenvalue weighted by molar-refractivity contribution is -0.144. The molecule has 5 nitrogen and oxygen atoms in total. The number of esters is 1. The average Bonchev–Trinajstić information content (AvgIpc) is 2.39. The summed E-state index contributed by atoms with van der Waals surface area (Å²) in [5.74, 6) is -0.444. The third-order valence-corrected chi connectivity index (χ3v) is 2.77. The zero-order chi connectivity index (χ0) is 16.8. The van der Waals surface area contributed by atoms with Gasteiger partial charge in [-0.3, -0.25) is 9.69 Å². The molecule has 0 atom stereocenters. The van der Waals surface area contributed by atoms with Gasteiger partial charge in [-0.15, -0.1) is 0 Å². The number of nitrogens with zero attached hydrogens (tertiary/aromatic N) is 1. The Morgan fingerprint density at radius 2 is 1.73 bits per heavy atom. The first-order chi connectivity index (χ1) is 10.2. The van der Waals surface area contributed by atoms with E-state index in [1.54, 1.807) is 27.7 Å². The molecule has 0 bridgehead atoms. The van der Waals surface area contributed by atoms with Gasteiger partial charge in [0.05, 0.1) is 6.61 Å². The molecule has 0 heterocycles. The van der Waals surface area contributed by atoms with Gasteiger partial charge in [-0.2, -0.15) is 0 Å². The third-order valence-electron chi connectivity index (χ3n) is 2.77. The lowest BCUT2D eigenvalue weighted by atomic mass is 10.1. The van der Waals surface area contributed by atoms with Crippen molar-refractivity contribution in [2.45, 2.75) is 46.8 Å². The zero-order valence-corrected chi connectivity index (χ0v) is 14.0. The highest BCUT2D eigenvalue weighted by Crippen LogP contribution is 2.13. The molecule has 0 saturated carbocycles. The highest BCUT2D eigenvalue weighted by atomic mass is 16.6. The van der Waals surface area contributed by atoms with E-state index in [0.717, 1.165) is 11.1 Å². The molecule has 22 heavy (non-hydrogen) atoms. The van der Waals surface area contributed by atoms with E-state index in [1.165, 1.54) is 4.90 Å². The van der Waals surface area contributed by atoms with Crippen LogP contribution in [0.25, 0.3) is 0 Å². The first kappa shape index (κ1) is 18.0. The van der Waals surface area contributed by atoms with Crippen LogP contribution in [0.4, 0.5) is 4.79 Å². The second-order valence-electron chi connectivity index (χ2n) is 6.13. The zero-order valence-electron chi connectivity index (χ0n) is 14.0. The van der Waals surface area contributed by atoms with Gasteiger partial charge in [0.1, 0.15) is 12.1 Å². The Labute approximate surface area is 132 Å². The highest BCUT2D eigenvalue weighted by Gasteiger charge is 2.24. The lowest BCUT2D eigenvalue weighted by Gasteiger charge is -2.27. The van der Waals surface area contributed by atoms with E-state index in [4.69, 9.17) is 9.47 Å². The van der Waals surface area contributed by atoms with Crippen LogP contribution >= 0.6 is 0 Å². The summed E-state index contributed by atoms with van der Waals surface area (Å²) in [6, 6.07) is 7.79. The molecule has 122 valence electrons. The van der Waals surface area contributed by atoms with Gasteiger partial charge in [-0.1, -0.05) is 29.8 Å². The van der Waals surface area contributed by atoms with Gasteiger partial charge in [0.15, 0.2) is 0 Å². The molecule has 0 unspecified atom stereocenters. The normalized spacial score (nSPS) is 11.0. The van der Waals surface area contributed by atoms with Gasteiger partial charge in [0.2, 0.25) is 0 Å². The number of ether oxygens (including phenoxy) is 2. The van der Waals surface area contributed by atoms with Crippen molar-refractivity contribution in [3.8, 4) is 0 Å². The molecule has 5 heteroatoms. The van der Waals surface area contributed by atoms with Crippen LogP contribution in [-0.2, 0) is 20.8 Å². The Kier molecular flexibility index (Phi) is 6.40. The third kappa shape index (κ3) is 6.61. The van der Waals surface area contributed by atoms with Crippen molar-refractivity contribution < 1.29 is 19.1 Å². The van der Waals surface area contributed by atoms with Crippen LogP contribution in [0.15, 0.2) is 24.3 Å². The molecule has 0 fully saturated rings. The van der Waals surface area contributed by atoms with Crippen molar-refractivity contribution >= 4 is 12.1 Å². The minimum atomic E-state index is -0.614. The van der Waals surface area contributed by atoms with Gasteiger partial charge < -0.3 is 9.47 Å². The fourth-order valence-electron chi connectivity index (χ4n) is 1.79. The van der Waals surface area contributed by atoms with Crippen LogP contribution in [-0.4, -0.2) is 35.7 Å². The molecule has 0 radical (unpaired) electrons. The minimum Gasteiger partial charge on any atom is -0.465 e. The number of rotatable bonds is 5. The van der Waals surface area contributed by atoms with Gasteiger partial charge in [-0.05, 0) is 40.2 Å². The maximum atomic E-state index is 12.3. The topological polar surface area (TPSA) is 55.8 Å². The monoisotopic (exact) mass is 307 g/mol. The molecule has 0 N–H and O–H groups in total. The number of hydrogen-bond donors (Lipinski definition) is 0. The van der Waals surface area contributed by atoms with E-state index in [1.807, 2.05) is 31.2 Å². The Bertz CT molecular complexity index is 502. The molecular weight excluding hydrogens is 282 g/mol. The van der Waals surface area contributed by atoms with Gasteiger partial charge >= 0.3 is 12.1 Å². The van der Waals surface area contributed by atoms with Crippen LogP contribution in [0.5, 0.6) is 0 Å². The van der Waals surface area contributed by atoms with Crippen molar-refractivity contribution in [2.75, 3.05) is 13.2 Å². The summed E-state index contributed by atoms with van der Waals surface area (Å²) in [4.78, 5) is 25.3. The Morgan fingerprint density at radius 3 is 2.23 bits per heavy atom. The molecule has 0 saturated heterocycles. The van der Waals surface area contributed by atoms with E-state index >= 15 is 0 Å². The number of aryl methyl sites for hydroxylation is 1. The van der Waals surface area contributed by atoms with E-state index < -0.39 is 17.7 Å². The van der Waals surface area contributed by atoms with Crippen LogP contribution in [0, 0.1) is 6.92 Å². The van der Waals surface area contributed by atoms with Crippen LogP contribution in [0.3, 0.4) is 0 Å². The summed E-state index contributed by atoms with van der Waals surface area (Å²) < 4.78 is 10.3. The predicted octanol–water partition coefficient (Wildman–Crippen LogP) is 3.30. The average molecular weight is 307 g/mol. The van der Waals surface area contributed by atoms with Gasteiger partial charge in [-0.25, -0.2) is 4.79 Å². The maximum Gasteiger partial charge on any atom is 0.411 e. The van der Waals surface area contributed by atoms with E-state index in [0.29, 0.717) is 6.54 Å². The van der Waals surface area contributed by atoms with Crippen molar-refractivity contribution in [1.82, 2.24) is 4.90 Å². The van der Waals surface area contributed by atoms with Crippen molar-refractivity contribution in [3.05, 3.63) is 35.4 Å². The SMILES string of the molecule is CCOC(=O)CN(Cc1ccc(C)cc1)C(=O)OC(C)(C)C. The largest absolute Gasteiger partial charge is 0.465 e. The predicted molar refractivity (Wildman–Crippen MR) is 84.5 cm³/mol. The Morgan fingerprint density at radius 1 is 1.14 bits per heavy atom. The summed E-state index contributed by atoms with van der Waals surface area (Å²) in [5, 5.41) is 0. The first-order valence-electron chi connectivity index (χ1n) is 7.40. The quantitative estimate of drug-likeness (QED) is 0.783. The van der Waals surface area contributed by atoms with E-state index in [2.05, 4.69) is 0 Å². The fraction of sp³-hybridized carbons (Fsp3) is 0.529. The minimum absolute atomic E-state index is 0.128. The highest BCUT2D eigenvalue weighted by molar-refractivity contribution is 5.78. The summed E-state index contributed by atoms with van der Waals surface area (Å²) >= 11 is 0.